The topological polar surface area (TPSA) is 107 Å². The second-order valence-corrected chi connectivity index (χ2v) is 9.42. The second kappa shape index (κ2) is 12.0. The van der Waals surface area contributed by atoms with Crippen molar-refractivity contribution >= 4 is 21.6 Å². The zero-order chi connectivity index (χ0) is 24.6. The van der Waals surface area contributed by atoms with E-state index in [0.29, 0.717) is 23.2 Å². The van der Waals surface area contributed by atoms with E-state index < -0.39 is 6.23 Å². The Balaban J connectivity index is 1.19. The van der Waals surface area contributed by atoms with E-state index in [-0.39, 0.29) is 10.6 Å². The number of aromatic nitrogens is 1. The van der Waals surface area contributed by atoms with Crippen molar-refractivity contribution in [2.75, 3.05) is 20.2 Å². The van der Waals surface area contributed by atoms with E-state index in [0.717, 1.165) is 48.6 Å². The van der Waals surface area contributed by atoms with Crippen LogP contribution in [0.4, 0.5) is 0 Å². The number of fused-ring (bicyclic) bond motifs is 1. The third kappa shape index (κ3) is 6.70. The van der Waals surface area contributed by atoms with Gasteiger partial charge in [0.05, 0.1) is 11.8 Å². The molecule has 1 aromatic heterocycles. The highest BCUT2D eigenvalue weighted by atomic mass is 32.1. The van der Waals surface area contributed by atoms with Crippen LogP contribution in [0.5, 0.6) is 11.5 Å². The van der Waals surface area contributed by atoms with Crippen molar-refractivity contribution < 1.29 is 14.9 Å². The molecule has 184 valence electrons. The van der Waals surface area contributed by atoms with E-state index >= 15 is 0 Å². The third-order valence-corrected chi connectivity index (χ3v) is 6.92. The number of thiazole rings is 1. The maximum atomic E-state index is 11.7. The van der Waals surface area contributed by atoms with Gasteiger partial charge in [0.15, 0.2) is 0 Å². The fourth-order valence-corrected chi connectivity index (χ4v) is 4.97. The summed E-state index contributed by atoms with van der Waals surface area (Å²) in [5.74, 6) is 0.968. The summed E-state index contributed by atoms with van der Waals surface area (Å²) in [6, 6.07) is 19.9. The number of aromatic amines is 1. The number of rotatable bonds is 12. The number of H-pyrrole nitrogens is 1. The highest BCUT2D eigenvalue weighted by Crippen LogP contribution is 2.28. The van der Waals surface area contributed by atoms with Crippen LogP contribution in [0.15, 0.2) is 65.5 Å². The number of phenolic OH excluding ortho intramolecular Hbond substituents is 1. The van der Waals surface area contributed by atoms with Gasteiger partial charge >= 0.3 is 4.87 Å². The highest BCUT2D eigenvalue weighted by Gasteiger charge is 2.13. The number of aliphatic hydroxyl groups excluding tert-OH is 1. The third-order valence-electron chi connectivity index (χ3n) is 5.96. The number of ether oxygens (including phenoxy) is 1. The molecule has 0 saturated carbocycles. The van der Waals surface area contributed by atoms with Crippen molar-refractivity contribution in [1.29, 1.82) is 0 Å². The molecule has 3 aromatic carbocycles. The number of benzene rings is 3. The second-order valence-electron chi connectivity index (χ2n) is 8.44. The van der Waals surface area contributed by atoms with Gasteiger partial charge in [0.25, 0.3) is 0 Å². The van der Waals surface area contributed by atoms with Gasteiger partial charge in [-0.05, 0) is 53.8 Å². The summed E-state index contributed by atoms with van der Waals surface area (Å²) < 4.78 is 6.09. The first-order valence-corrected chi connectivity index (χ1v) is 12.5. The zero-order valence-corrected chi connectivity index (χ0v) is 20.5. The summed E-state index contributed by atoms with van der Waals surface area (Å²) in [7, 11) is 1.70. The molecule has 4 aromatic rings. The summed E-state index contributed by atoms with van der Waals surface area (Å²) in [5, 5.41) is 26.9. The van der Waals surface area contributed by atoms with Gasteiger partial charge in [-0.15, -0.1) is 0 Å². The molecule has 0 aliphatic rings. The molecule has 5 N–H and O–H groups in total. The molecule has 0 spiro atoms. The number of phenols is 1. The summed E-state index contributed by atoms with van der Waals surface area (Å²) >= 11 is 1.04. The molecule has 0 amide bonds. The predicted molar refractivity (Wildman–Crippen MR) is 140 cm³/mol. The van der Waals surface area contributed by atoms with Crippen LogP contribution in [0.3, 0.4) is 0 Å². The molecule has 4 rings (SSSR count). The lowest BCUT2D eigenvalue weighted by Gasteiger charge is -2.14. The lowest BCUT2D eigenvalue weighted by atomic mass is 10.1. The molecule has 1 heterocycles. The van der Waals surface area contributed by atoms with E-state index in [1.807, 2.05) is 18.2 Å². The minimum absolute atomic E-state index is 0.0413. The first-order chi connectivity index (χ1) is 17.0. The van der Waals surface area contributed by atoms with Crippen LogP contribution < -0.4 is 20.2 Å². The highest BCUT2D eigenvalue weighted by molar-refractivity contribution is 7.16. The number of hydrogen-bond acceptors (Lipinski definition) is 7. The Bertz CT molecular complexity index is 1300. The lowest BCUT2D eigenvalue weighted by Crippen LogP contribution is -2.32. The molecular weight excluding hydrogens is 462 g/mol. The van der Waals surface area contributed by atoms with Crippen molar-refractivity contribution in [1.82, 2.24) is 15.6 Å². The minimum atomic E-state index is -0.744. The van der Waals surface area contributed by atoms with E-state index in [1.165, 1.54) is 16.7 Å². The maximum Gasteiger partial charge on any atom is 0.305 e. The van der Waals surface area contributed by atoms with Gasteiger partial charge in [-0.1, -0.05) is 59.9 Å². The monoisotopic (exact) mass is 493 g/mol. The van der Waals surface area contributed by atoms with Crippen LogP contribution in [0.2, 0.25) is 0 Å². The molecule has 1 atom stereocenters. The molecule has 1 unspecified atom stereocenters. The summed E-state index contributed by atoms with van der Waals surface area (Å²) in [6.07, 6.45) is 1.31. The average Bonchev–Trinajstić information content (AvgIpc) is 3.27. The van der Waals surface area contributed by atoms with Gasteiger partial charge in [-0.3, -0.25) is 10.1 Å². The van der Waals surface area contributed by atoms with Gasteiger partial charge in [0, 0.05) is 19.5 Å². The van der Waals surface area contributed by atoms with Crippen LogP contribution >= 0.6 is 11.3 Å². The van der Waals surface area contributed by atoms with Crippen molar-refractivity contribution in [2.24, 2.45) is 0 Å². The Kier molecular flexibility index (Phi) is 8.54. The first kappa shape index (κ1) is 24.9. The molecule has 8 heteroatoms. The van der Waals surface area contributed by atoms with Crippen LogP contribution in [0.25, 0.3) is 10.2 Å². The summed E-state index contributed by atoms with van der Waals surface area (Å²) in [6.45, 7) is 2.30. The zero-order valence-electron chi connectivity index (χ0n) is 19.7. The molecule has 0 aliphatic heterocycles. The fourth-order valence-electron chi connectivity index (χ4n) is 4.09. The molecule has 0 fully saturated rings. The van der Waals surface area contributed by atoms with Gasteiger partial charge in [-0.2, -0.15) is 0 Å². The Hall–Kier alpha value is -3.17. The van der Waals surface area contributed by atoms with Crippen molar-refractivity contribution in [2.45, 2.75) is 32.0 Å². The van der Waals surface area contributed by atoms with Gasteiger partial charge in [-0.25, -0.2) is 0 Å². The molecule has 7 nitrogen and oxygen atoms in total. The standard InChI is InChI=1S/C27H31N3O4S/c1-34-23-5-3-2-4-20(23)13-14-28-17-19-8-6-18(7-9-19)12-15-29-24(32)16-21-10-11-22(31)25-26(21)35-27(33)30-25/h2-11,24,28-29,31-32H,12-17H2,1H3,(H,30,33). The average molecular weight is 494 g/mol. The summed E-state index contributed by atoms with van der Waals surface area (Å²) in [5.41, 5.74) is 4.87. The van der Waals surface area contributed by atoms with E-state index in [9.17, 15) is 15.0 Å². The van der Waals surface area contributed by atoms with Crippen molar-refractivity contribution in [3.05, 3.63) is 92.6 Å². The van der Waals surface area contributed by atoms with Crippen LogP contribution in [0.1, 0.15) is 22.3 Å². The Morgan fingerprint density at radius 2 is 1.74 bits per heavy atom. The van der Waals surface area contributed by atoms with Crippen molar-refractivity contribution in [3.63, 3.8) is 0 Å². The Labute approximate surface area is 208 Å². The van der Waals surface area contributed by atoms with Crippen molar-refractivity contribution in [3.8, 4) is 11.5 Å². The number of para-hydroxylation sites is 1. The molecule has 0 radical (unpaired) electrons. The van der Waals surface area contributed by atoms with Gasteiger partial charge in [0.1, 0.15) is 23.2 Å². The van der Waals surface area contributed by atoms with E-state index in [2.05, 4.69) is 45.9 Å². The van der Waals surface area contributed by atoms with Gasteiger partial charge in [0.2, 0.25) is 0 Å². The number of methoxy groups -OCH3 is 1. The minimum Gasteiger partial charge on any atom is -0.506 e. The van der Waals surface area contributed by atoms with E-state index in [4.69, 9.17) is 4.74 Å². The fraction of sp³-hybridized carbons (Fsp3) is 0.296. The molecule has 0 aliphatic carbocycles. The van der Waals surface area contributed by atoms with Crippen LogP contribution in [0, 0.1) is 0 Å². The normalized spacial score (nSPS) is 12.2. The number of aromatic hydroxyl groups is 1. The lowest BCUT2D eigenvalue weighted by molar-refractivity contribution is 0.138. The maximum absolute atomic E-state index is 11.7. The first-order valence-electron chi connectivity index (χ1n) is 11.7. The smallest absolute Gasteiger partial charge is 0.305 e. The molecule has 35 heavy (non-hydrogen) atoms. The predicted octanol–water partition coefficient (Wildman–Crippen LogP) is 3.33. The largest absolute Gasteiger partial charge is 0.506 e. The van der Waals surface area contributed by atoms with Crippen LogP contribution in [-0.2, 0) is 25.8 Å². The number of hydrogen-bond donors (Lipinski definition) is 5. The SMILES string of the molecule is COc1ccccc1CCNCc1ccc(CCNC(O)Cc2ccc(O)c3[nH]c(=O)sc23)cc1. The van der Waals surface area contributed by atoms with E-state index in [1.54, 1.807) is 19.2 Å². The van der Waals surface area contributed by atoms with Crippen LogP contribution in [-0.4, -0.2) is 41.6 Å². The Morgan fingerprint density at radius 3 is 2.54 bits per heavy atom. The summed E-state index contributed by atoms with van der Waals surface area (Å²) in [4.78, 5) is 14.1. The molecular formula is C27H31N3O4S. The quantitative estimate of drug-likeness (QED) is 0.153. The molecule has 0 saturated heterocycles. The Morgan fingerprint density at radius 1 is 0.971 bits per heavy atom. The number of aliphatic hydroxyl groups is 1. The molecule has 0 bridgehead atoms. The number of nitrogens with one attached hydrogen (secondary N) is 3. The van der Waals surface area contributed by atoms with Gasteiger partial charge < -0.3 is 25.3 Å².